The molecular weight excluding hydrogens is 368 g/mol. The van der Waals surface area contributed by atoms with Crippen molar-refractivity contribution in [3.63, 3.8) is 0 Å². The highest BCUT2D eigenvalue weighted by Crippen LogP contribution is 2.25. The fraction of sp³-hybridized carbons (Fsp3) is 0.222. The molecule has 3 N–H and O–H groups in total. The van der Waals surface area contributed by atoms with Gasteiger partial charge in [0, 0.05) is 23.7 Å². The van der Waals surface area contributed by atoms with Crippen molar-refractivity contribution in [1.29, 1.82) is 0 Å². The largest absolute Gasteiger partial charge is 0.482 e. The number of hydrogen-bond donors (Lipinski definition) is 2. The van der Waals surface area contributed by atoms with E-state index in [4.69, 9.17) is 10.5 Å². The summed E-state index contributed by atoms with van der Waals surface area (Å²) in [6, 6.07) is 13.8. The summed E-state index contributed by atoms with van der Waals surface area (Å²) >= 11 is 3.27. The van der Waals surface area contributed by atoms with E-state index in [1.165, 1.54) is 0 Å². The van der Waals surface area contributed by atoms with Gasteiger partial charge in [-0.05, 0) is 59.2 Å². The summed E-state index contributed by atoms with van der Waals surface area (Å²) in [6.07, 6.45) is 2.76. The van der Waals surface area contributed by atoms with Gasteiger partial charge in [-0.15, -0.1) is 0 Å². The molecule has 0 radical (unpaired) electrons. The molecular formula is C18H19BrN4O. The van der Waals surface area contributed by atoms with Crippen molar-refractivity contribution in [2.24, 2.45) is 5.73 Å². The Balaban J connectivity index is 1.90. The van der Waals surface area contributed by atoms with Gasteiger partial charge in [0.25, 0.3) is 0 Å². The molecule has 3 rings (SSSR count). The Bertz CT molecular complexity index is 825. The lowest BCUT2D eigenvalue weighted by molar-refractivity contribution is 0.398. The van der Waals surface area contributed by atoms with Crippen LogP contribution in [0.25, 0.3) is 22.2 Å². The number of pyridine rings is 2. The van der Waals surface area contributed by atoms with Gasteiger partial charge in [0.1, 0.15) is 17.1 Å². The number of nitrogens with two attached hydrogens (primary N) is 1. The molecule has 0 saturated heterocycles. The first-order valence-corrected chi connectivity index (χ1v) is 8.92. The number of nitrogens with zero attached hydrogens (tertiary/aromatic N) is 2. The monoisotopic (exact) mass is 386 g/mol. The number of anilines is 1. The molecule has 0 unspecified atom stereocenters. The fourth-order valence-corrected chi connectivity index (χ4v) is 2.66. The van der Waals surface area contributed by atoms with Gasteiger partial charge < -0.3 is 15.8 Å². The topological polar surface area (TPSA) is 73.1 Å². The van der Waals surface area contributed by atoms with E-state index in [1.54, 1.807) is 0 Å². The van der Waals surface area contributed by atoms with Crippen LogP contribution in [0.2, 0.25) is 0 Å². The molecule has 24 heavy (non-hydrogen) atoms. The number of ether oxygens (including phenoxy) is 1. The van der Waals surface area contributed by atoms with Crippen LogP contribution in [0.1, 0.15) is 6.42 Å². The van der Waals surface area contributed by atoms with E-state index < -0.39 is 0 Å². The molecule has 0 saturated carbocycles. The second kappa shape index (κ2) is 8.08. The second-order valence-electron chi connectivity index (χ2n) is 5.31. The van der Waals surface area contributed by atoms with Crippen molar-refractivity contribution >= 4 is 32.7 Å². The molecule has 0 fully saturated rings. The van der Waals surface area contributed by atoms with E-state index in [0.29, 0.717) is 12.1 Å². The molecule has 3 aromatic rings. The Morgan fingerprint density at radius 3 is 2.92 bits per heavy atom. The van der Waals surface area contributed by atoms with Crippen LogP contribution in [0.4, 0.5) is 5.82 Å². The van der Waals surface area contributed by atoms with Crippen LogP contribution in [0, 0.1) is 0 Å². The van der Waals surface area contributed by atoms with Crippen LogP contribution < -0.4 is 15.8 Å². The Kier molecular flexibility index (Phi) is 5.61. The first-order chi connectivity index (χ1) is 11.8. The van der Waals surface area contributed by atoms with E-state index in [1.807, 2.05) is 48.7 Å². The highest BCUT2D eigenvalue weighted by atomic mass is 79.9. The van der Waals surface area contributed by atoms with E-state index in [2.05, 4.69) is 31.2 Å². The highest BCUT2D eigenvalue weighted by molar-refractivity contribution is 9.09. The third-order valence-electron chi connectivity index (χ3n) is 3.61. The van der Waals surface area contributed by atoms with Crippen LogP contribution in [-0.4, -0.2) is 28.6 Å². The first kappa shape index (κ1) is 16.7. The van der Waals surface area contributed by atoms with Crippen molar-refractivity contribution in [3.8, 4) is 17.0 Å². The van der Waals surface area contributed by atoms with E-state index >= 15 is 0 Å². The molecule has 0 aliphatic rings. The SMILES string of the molecule is NCCCNc1ccc2cnc(-c3cccc(OCBr)c3)cc2n1. The van der Waals surface area contributed by atoms with E-state index in [-0.39, 0.29) is 0 Å². The van der Waals surface area contributed by atoms with Gasteiger partial charge in [0.05, 0.1) is 11.2 Å². The van der Waals surface area contributed by atoms with Crippen LogP contribution in [0.5, 0.6) is 5.75 Å². The van der Waals surface area contributed by atoms with Crippen LogP contribution in [0.15, 0.2) is 48.7 Å². The maximum atomic E-state index is 5.52. The van der Waals surface area contributed by atoms with Gasteiger partial charge in [-0.1, -0.05) is 12.1 Å². The third-order valence-corrected chi connectivity index (χ3v) is 3.84. The molecule has 2 aromatic heterocycles. The zero-order chi connectivity index (χ0) is 16.8. The molecule has 2 heterocycles. The van der Waals surface area contributed by atoms with Gasteiger partial charge in [-0.3, -0.25) is 4.98 Å². The number of aromatic nitrogens is 2. The van der Waals surface area contributed by atoms with Crippen molar-refractivity contribution in [2.75, 3.05) is 23.9 Å². The van der Waals surface area contributed by atoms with Crippen molar-refractivity contribution in [1.82, 2.24) is 9.97 Å². The lowest BCUT2D eigenvalue weighted by atomic mass is 10.1. The van der Waals surface area contributed by atoms with Gasteiger partial charge >= 0.3 is 0 Å². The fourth-order valence-electron chi connectivity index (χ4n) is 2.40. The molecule has 0 aliphatic heterocycles. The zero-order valence-electron chi connectivity index (χ0n) is 13.2. The van der Waals surface area contributed by atoms with Crippen molar-refractivity contribution < 1.29 is 4.74 Å². The molecule has 6 heteroatoms. The smallest absolute Gasteiger partial charge is 0.143 e. The number of fused-ring (bicyclic) bond motifs is 1. The third kappa shape index (κ3) is 4.01. The quantitative estimate of drug-likeness (QED) is 0.477. The molecule has 0 atom stereocenters. The van der Waals surface area contributed by atoms with Gasteiger partial charge in [-0.2, -0.15) is 0 Å². The molecule has 124 valence electrons. The van der Waals surface area contributed by atoms with Crippen molar-refractivity contribution in [2.45, 2.75) is 6.42 Å². The summed E-state index contributed by atoms with van der Waals surface area (Å²) in [6.45, 7) is 1.49. The van der Waals surface area contributed by atoms with Crippen LogP contribution in [-0.2, 0) is 0 Å². The normalized spacial score (nSPS) is 10.8. The summed E-state index contributed by atoms with van der Waals surface area (Å²) in [5.41, 5.74) is 8.75. The summed E-state index contributed by atoms with van der Waals surface area (Å²) in [7, 11) is 0. The number of alkyl halides is 1. The van der Waals surface area contributed by atoms with Gasteiger partial charge in [0.15, 0.2) is 0 Å². The lowest BCUT2D eigenvalue weighted by Gasteiger charge is -2.08. The van der Waals surface area contributed by atoms with Gasteiger partial charge in [0.2, 0.25) is 0 Å². The molecule has 0 bridgehead atoms. The summed E-state index contributed by atoms with van der Waals surface area (Å²) in [5, 5.41) is 4.30. The lowest BCUT2D eigenvalue weighted by Crippen LogP contribution is -2.09. The Hall–Kier alpha value is -2.18. The summed E-state index contributed by atoms with van der Waals surface area (Å²) < 4.78 is 5.48. The number of hydrogen-bond acceptors (Lipinski definition) is 5. The molecule has 1 aromatic carbocycles. The average molecular weight is 387 g/mol. The standard InChI is InChI=1S/C18H19BrN4O/c19-12-24-15-4-1-3-13(9-15)16-10-17-14(11-22-16)5-6-18(23-17)21-8-2-7-20/h1,3-6,9-11H,2,7-8,12,20H2,(H,21,23). The zero-order valence-corrected chi connectivity index (χ0v) is 14.8. The minimum Gasteiger partial charge on any atom is -0.482 e. The number of rotatable bonds is 7. The number of halogens is 1. The number of nitrogens with one attached hydrogen (secondary N) is 1. The maximum Gasteiger partial charge on any atom is 0.143 e. The van der Waals surface area contributed by atoms with E-state index in [9.17, 15) is 0 Å². The predicted molar refractivity (Wildman–Crippen MR) is 102 cm³/mol. The second-order valence-corrected chi connectivity index (χ2v) is 5.77. The minimum atomic E-state index is 0.459. The predicted octanol–water partition coefficient (Wildman–Crippen LogP) is 3.79. The summed E-state index contributed by atoms with van der Waals surface area (Å²) in [5.74, 6) is 1.65. The molecule has 0 spiro atoms. The first-order valence-electron chi connectivity index (χ1n) is 7.80. The molecule has 0 amide bonds. The maximum absolute atomic E-state index is 5.52. The van der Waals surface area contributed by atoms with Crippen molar-refractivity contribution in [3.05, 3.63) is 48.7 Å². The Morgan fingerprint density at radius 2 is 2.08 bits per heavy atom. The minimum absolute atomic E-state index is 0.459. The molecule has 0 aliphatic carbocycles. The van der Waals surface area contributed by atoms with E-state index in [0.717, 1.165) is 46.7 Å². The highest BCUT2D eigenvalue weighted by Gasteiger charge is 2.05. The Morgan fingerprint density at radius 1 is 1.17 bits per heavy atom. The Labute approximate surface area is 149 Å². The van der Waals surface area contributed by atoms with Crippen LogP contribution in [0.3, 0.4) is 0 Å². The summed E-state index contributed by atoms with van der Waals surface area (Å²) in [4.78, 5) is 9.20. The number of benzene rings is 1. The average Bonchev–Trinajstić information content (AvgIpc) is 2.62. The van der Waals surface area contributed by atoms with Crippen LogP contribution >= 0.6 is 15.9 Å². The molecule has 5 nitrogen and oxygen atoms in total. The van der Waals surface area contributed by atoms with Gasteiger partial charge in [-0.25, -0.2) is 4.98 Å².